The molecule has 0 aliphatic rings. The van der Waals surface area contributed by atoms with Crippen LogP contribution < -0.4 is 0 Å². The molecule has 0 spiro atoms. The quantitative estimate of drug-likeness (QED) is 0.145. The van der Waals surface area contributed by atoms with Crippen molar-refractivity contribution in [2.75, 3.05) is 6.61 Å². The number of rotatable bonds is 14. The maximum Gasteiger partial charge on any atom is 0.125 e. The zero-order chi connectivity index (χ0) is 12.6. The second kappa shape index (κ2) is 15.2. The van der Waals surface area contributed by atoms with E-state index < -0.39 is 0 Å². The molecule has 0 saturated heterocycles. The number of hydrogen-bond donors (Lipinski definition) is 0. The molecule has 3 nitrogen and oxygen atoms in total. The predicted molar refractivity (Wildman–Crippen MR) is 70.1 cm³/mol. The first-order valence-corrected chi connectivity index (χ1v) is 6.58. The van der Waals surface area contributed by atoms with Crippen molar-refractivity contribution in [2.24, 2.45) is 0 Å². The zero-order valence-electron chi connectivity index (χ0n) is 10.9. The van der Waals surface area contributed by atoms with Gasteiger partial charge in [0.1, 0.15) is 6.26 Å². The zero-order valence-corrected chi connectivity index (χ0v) is 10.9. The molecule has 0 rings (SSSR count). The Labute approximate surface area is 105 Å². The first kappa shape index (κ1) is 16.2. The van der Waals surface area contributed by atoms with Crippen LogP contribution in [0, 0.1) is 0 Å². The van der Waals surface area contributed by atoms with Gasteiger partial charge in [-0.05, 0) is 24.3 Å². The standard InChI is InChI=1S/C14H26O3/c1-3-5-6-7-8-9-10-11-12-13-14-16-17-15-4-2/h3-4H,1-2,5-14H2. The maximum absolute atomic E-state index is 4.74. The molecule has 0 fully saturated rings. The van der Waals surface area contributed by atoms with Crippen LogP contribution in [0.2, 0.25) is 0 Å². The number of unbranched alkanes of at least 4 members (excludes halogenated alkanes) is 8. The molecule has 0 aliphatic carbocycles. The minimum Gasteiger partial charge on any atom is -0.317 e. The second-order valence-corrected chi connectivity index (χ2v) is 4.06. The SMILES string of the molecule is C=CCCCCCCCCCCOOOC=C. The molecule has 0 N–H and O–H groups in total. The van der Waals surface area contributed by atoms with Crippen LogP contribution in [0.15, 0.2) is 25.5 Å². The first-order valence-electron chi connectivity index (χ1n) is 6.58. The first-order chi connectivity index (χ1) is 8.41. The van der Waals surface area contributed by atoms with E-state index in [1.807, 2.05) is 6.08 Å². The summed E-state index contributed by atoms with van der Waals surface area (Å²) in [7, 11) is 0. The molecule has 0 aromatic carbocycles. The van der Waals surface area contributed by atoms with Gasteiger partial charge in [-0.25, -0.2) is 0 Å². The Morgan fingerprint density at radius 2 is 1.35 bits per heavy atom. The smallest absolute Gasteiger partial charge is 0.125 e. The highest BCUT2D eigenvalue weighted by atomic mass is 17.5. The van der Waals surface area contributed by atoms with Gasteiger partial charge in [0.05, 0.1) is 6.61 Å². The lowest BCUT2D eigenvalue weighted by Gasteiger charge is -2.02. The summed E-state index contributed by atoms with van der Waals surface area (Å²) in [6, 6.07) is 0. The highest BCUT2D eigenvalue weighted by molar-refractivity contribution is 4.65. The van der Waals surface area contributed by atoms with Crippen molar-refractivity contribution < 1.29 is 14.8 Å². The van der Waals surface area contributed by atoms with Crippen LogP contribution in [0.3, 0.4) is 0 Å². The average molecular weight is 242 g/mol. The van der Waals surface area contributed by atoms with E-state index in [4.69, 9.17) is 4.89 Å². The van der Waals surface area contributed by atoms with Crippen molar-refractivity contribution in [1.82, 2.24) is 0 Å². The summed E-state index contributed by atoms with van der Waals surface area (Å²) in [5.74, 6) is 0. The van der Waals surface area contributed by atoms with Crippen LogP contribution >= 0.6 is 0 Å². The van der Waals surface area contributed by atoms with Crippen LogP contribution in [0.1, 0.15) is 57.8 Å². The van der Waals surface area contributed by atoms with E-state index in [0.717, 1.165) is 12.8 Å². The summed E-state index contributed by atoms with van der Waals surface area (Å²) in [5.41, 5.74) is 0. The Kier molecular flexibility index (Phi) is 14.5. The van der Waals surface area contributed by atoms with Crippen molar-refractivity contribution in [2.45, 2.75) is 57.8 Å². The number of allylic oxidation sites excluding steroid dienone is 1. The molecule has 17 heavy (non-hydrogen) atoms. The number of hydrogen-bond acceptors (Lipinski definition) is 3. The van der Waals surface area contributed by atoms with Gasteiger partial charge < -0.3 is 4.89 Å². The normalized spacial score (nSPS) is 10.1. The summed E-state index contributed by atoms with van der Waals surface area (Å²) in [6.45, 7) is 7.62. The second-order valence-electron chi connectivity index (χ2n) is 4.06. The fourth-order valence-corrected chi connectivity index (χ4v) is 1.60. The van der Waals surface area contributed by atoms with Gasteiger partial charge in [0, 0.05) is 0 Å². The Balaban J connectivity index is 2.89. The van der Waals surface area contributed by atoms with Crippen LogP contribution in [0.4, 0.5) is 0 Å². The molecule has 0 radical (unpaired) electrons. The third kappa shape index (κ3) is 15.2. The molecule has 0 aromatic rings. The summed E-state index contributed by atoms with van der Waals surface area (Å²) < 4.78 is 0. The summed E-state index contributed by atoms with van der Waals surface area (Å²) in [4.78, 5) is 9.10. The van der Waals surface area contributed by atoms with Crippen molar-refractivity contribution in [3.8, 4) is 0 Å². The maximum atomic E-state index is 4.74. The average Bonchev–Trinajstić information content (AvgIpc) is 2.35. The molecule has 0 unspecified atom stereocenters. The van der Waals surface area contributed by atoms with Crippen LogP contribution in [-0.4, -0.2) is 6.61 Å². The van der Waals surface area contributed by atoms with Crippen LogP contribution in [0.25, 0.3) is 0 Å². The van der Waals surface area contributed by atoms with E-state index in [-0.39, 0.29) is 0 Å². The lowest BCUT2D eigenvalue weighted by atomic mass is 10.1. The Hall–Kier alpha value is -0.800. The van der Waals surface area contributed by atoms with E-state index in [1.54, 1.807) is 0 Å². The fraction of sp³-hybridized carbons (Fsp3) is 0.714. The largest absolute Gasteiger partial charge is 0.317 e. The van der Waals surface area contributed by atoms with E-state index in [9.17, 15) is 0 Å². The monoisotopic (exact) mass is 242 g/mol. The molecule has 0 amide bonds. The molecule has 100 valence electrons. The Morgan fingerprint density at radius 3 is 1.94 bits per heavy atom. The van der Waals surface area contributed by atoms with Crippen molar-refractivity contribution in [3.63, 3.8) is 0 Å². The Bertz CT molecular complexity index is 151. The fourth-order valence-electron chi connectivity index (χ4n) is 1.60. The van der Waals surface area contributed by atoms with Crippen LogP contribution in [0.5, 0.6) is 0 Å². The predicted octanol–water partition coefficient (Wildman–Crippen LogP) is 4.71. The van der Waals surface area contributed by atoms with Gasteiger partial charge >= 0.3 is 0 Å². The third-order valence-electron chi connectivity index (χ3n) is 2.54. The topological polar surface area (TPSA) is 27.7 Å². The molecule has 3 heteroatoms. The van der Waals surface area contributed by atoms with E-state index in [2.05, 4.69) is 23.1 Å². The van der Waals surface area contributed by atoms with Gasteiger partial charge in [-0.2, -0.15) is 4.89 Å². The van der Waals surface area contributed by atoms with Gasteiger partial charge in [0.25, 0.3) is 0 Å². The summed E-state index contributed by atoms with van der Waals surface area (Å²) in [5, 5.41) is 4.34. The minimum atomic E-state index is 0.577. The molecular formula is C14H26O3. The lowest BCUT2D eigenvalue weighted by Crippen LogP contribution is -1.95. The highest BCUT2D eigenvalue weighted by Crippen LogP contribution is 2.09. The summed E-state index contributed by atoms with van der Waals surface area (Å²) in [6.07, 6.45) is 14.4. The highest BCUT2D eigenvalue weighted by Gasteiger charge is 1.93. The van der Waals surface area contributed by atoms with Gasteiger partial charge in [0.2, 0.25) is 0 Å². The van der Waals surface area contributed by atoms with E-state index in [1.165, 1.54) is 51.2 Å². The van der Waals surface area contributed by atoms with Gasteiger partial charge in [0.15, 0.2) is 0 Å². The molecular weight excluding hydrogens is 216 g/mol. The Morgan fingerprint density at radius 1 is 0.765 bits per heavy atom. The van der Waals surface area contributed by atoms with Crippen molar-refractivity contribution >= 4 is 0 Å². The molecule has 0 saturated carbocycles. The molecule has 0 aliphatic heterocycles. The van der Waals surface area contributed by atoms with E-state index in [0.29, 0.717) is 6.61 Å². The molecule has 0 heterocycles. The van der Waals surface area contributed by atoms with Gasteiger partial charge in [-0.15, -0.1) is 6.58 Å². The van der Waals surface area contributed by atoms with Crippen molar-refractivity contribution in [3.05, 3.63) is 25.5 Å². The molecule has 0 aromatic heterocycles. The lowest BCUT2D eigenvalue weighted by molar-refractivity contribution is -0.489. The van der Waals surface area contributed by atoms with E-state index >= 15 is 0 Å². The van der Waals surface area contributed by atoms with Gasteiger partial charge in [-0.1, -0.05) is 51.2 Å². The van der Waals surface area contributed by atoms with Crippen LogP contribution in [-0.2, 0) is 14.8 Å². The molecule has 0 atom stereocenters. The molecule has 0 bridgehead atoms. The third-order valence-corrected chi connectivity index (χ3v) is 2.54. The van der Waals surface area contributed by atoms with Gasteiger partial charge in [-0.3, -0.25) is 0 Å². The van der Waals surface area contributed by atoms with Crippen molar-refractivity contribution in [1.29, 1.82) is 0 Å². The minimum absolute atomic E-state index is 0.577. The summed E-state index contributed by atoms with van der Waals surface area (Å²) >= 11 is 0.